The van der Waals surface area contributed by atoms with E-state index >= 15 is 0 Å². The van der Waals surface area contributed by atoms with Crippen LogP contribution in [0.5, 0.6) is 0 Å². The molecule has 2 aromatic heterocycles. The smallest absolute Gasteiger partial charge is 0.348 e. The van der Waals surface area contributed by atoms with E-state index in [1.54, 1.807) is 6.07 Å². The molecule has 2 rings (SSSR count). The Morgan fingerprint density at radius 3 is 2.57 bits per heavy atom. The van der Waals surface area contributed by atoms with E-state index in [0.29, 0.717) is 4.88 Å². The van der Waals surface area contributed by atoms with E-state index in [2.05, 4.69) is 16.6 Å². The summed E-state index contributed by atoms with van der Waals surface area (Å²) in [4.78, 5) is 25.5. The molecule has 0 saturated heterocycles. The Bertz CT molecular complexity index is 715. The van der Waals surface area contributed by atoms with Gasteiger partial charge in [0.2, 0.25) is 0 Å². The first-order valence-electron chi connectivity index (χ1n) is 6.00. The molecular formula is C15H12O4S2. The minimum Gasteiger partial charge on any atom is -0.465 e. The van der Waals surface area contributed by atoms with Crippen LogP contribution in [-0.4, -0.2) is 25.7 Å². The molecule has 2 aromatic rings. The summed E-state index contributed by atoms with van der Waals surface area (Å²) in [6, 6.07) is 7.49. The average Bonchev–Trinajstić information content (AvgIpc) is 3.11. The van der Waals surface area contributed by atoms with E-state index in [1.165, 1.54) is 36.7 Å². The number of hydrogen-bond acceptors (Lipinski definition) is 6. The van der Waals surface area contributed by atoms with Crippen molar-refractivity contribution in [3.05, 3.63) is 34.0 Å². The Balaban J connectivity index is 2.07. The normalized spacial score (nSPS) is 9.62. The van der Waals surface area contributed by atoms with Crippen LogP contribution in [0.15, 0.2) is 24.3 Å². The molecule has 0 aliphatic carbocycles. The van der Waals surface area contributed by atoms with E-state index in [0.717, 1.165) is 14.6 Å². The second-order valence-electron chi connectivity index (χ2n) is 3.90. The van der Waals surface area contributed by atoms with Gasteiger partial charge in [0, 0.05) is 16.7 Å². The molecule has 4 nitrogen and oxygen atoms in total. The molecule has 0 atom stereocenters. The summed E-state index contributed by atoms with van der Waals surface area (Å²) in [5.74, 6) is 5.04. The van der Waals surface area contributed by atoms with Crippen LogP contribution in [0.2, 0.25) is 0 Å². The highest BCUT2D eigenvalue weighted by Crippen LogP contribution is 2.33. The second kappa shape index (κ2) is 7.07. The van der Waals surface area contributed by atoms with E-state index in [4.69, 9.17) is 4.74 Å². The van der Waals surface area contributed by atoms with Gasteiger partial charge in [-0.15, -0.1) is 22.7 Å². The third-order valence-electron chi connectivity index (χ3n) is 2.40. The number of carbonyl (C=O) groups excluding carboxylic acids is 2. The Morgan fingerprint density at radius 2 is 1.86 bits per heavy atom. The molecule has 0 aromatic carbocycles. The Hall–Kier alpha value is -2.10. The van der Waals surface area contributed by atoms with Crippen molar-refractivity contribution < 1.29 is 19.1 Å². The standard InChI is InChI=1S/C15H12O4S2/c1-10(16)19-9-3-4-11-5-6-12(20-11)13-7-8-14(21-13)15(17)18-2/h5-8H,9H2,1-2H3. The first-order chi connectivity index (χ1) is 10.1. The van der Waals surface area contributed by atoms with Gasteiger partial charge >= 0.3 is 11.9 Å². The Labute approximate surface area is 130 Å². The van der Waals surface area contributed by atoms with Gasteiger partial charge in [-0.2, -0.15) is 0 Å². The number of methoxy groups -OCH3 is 1. The van der Waals surface area contributed by atoms with E-state index < -0.39 is 0 Å². The largest absolute Gasteiger partial charge is 0.465 e. The summed E-state index contributed by atoms with van der Waals surface area (Å²) >= 11 is 2.90. The number of ether oxygens (including phenoxy) is 2. The lowest BCUT2D eigenvalue weighted by Gasteiger charge is -1.92. The maximum absolute atomic E-state index is 11.4. The first-order valence-corrected chi connectivity index (χ1v) is 7.64. The van der Waals surface area contributed by atoms with Gasteiger partial charge in [0.1, 0.15) is 4.88 Å². The van der Waals surface area contributed by atoms with Gasteiger partial charge in [-0.1, -0.05) is 11.8 Å². The van der Waals surface area contributed by atoms with Crippen LogP contribution >= 0.6 is 22.7 Å². The maximum Gasteiger partial charge on any atom is 0.348 e. The summed E-state index contributed by atoms with van der Waals surface area (Å²) < 4.78 is 9.43. The highest BCUT2D eigenvalue weighted by atomic mass is 32.1. The van der Waals surface area contributed by atoms with E-state index in [9.17, 15) is 9.59 Å². The zero-order valence-electron chi connectivity index (χ0n) is 11.5. The van der Waals surface area contributed by atoms with Crippen LogP contribution in [0.1, 0.15) is 21.5 Å². The number of hydrogen-bond donors (Lipinski definition) is 0. The molecule has 108 valence electrons. The monoisotopic (exact) mass is 320 g/mol. The molecule has 0 aliphatic rings. The molecule has 0 saturated carbocycles. The van der Waals surface area contributed by atoms with Crippen molar-refractivity contribution in [2.24, 2.45) is 0 Å². The summed E-state index contributed by atoms with van der Waals surface area (Å²) in [6.07, 6.45) is 0. The number of rotatable bonds is 3. The number of esters is 2. The van der Waals surface area contributed by atoms with Crippen molar-refractivity contribution in [2.75, 3.05) is 13.7 Å². The van der Waals surface area contributed by atoms with Gasteiger partial charge in [0.25, 0.3) is 0 Å². The zero-order valence-corrected chi connectivity index (χ0v) is 13.1. The van der Waals surface area contributed by atoms with Crippen molar-refractivity contribution in [1.82, 2.24) is 0 Å². The van der Waals surface area contributed by atoms with Crippen LogP contribution in [-0.2, 0) is 14.3 Å². The zero-order chi connectivity index (χ0) is 15.2. The lowest BCUT2D eigenvalue weighted by atomic mass is 10.3. The van der Waals surface area contributed by atoms with Crippen molar-refractivity contribution in [3.8, 4) is 21.6 Å². The number of thiophene rings is 2. The summed E-state index contributed by atoms with van der Waals surface area (Å²) in [5, 5.41) is 0. The summed E-state index contributed by atoms with van der Waals surface area (Å²) in [5.41, 5.74) is 0. The van der Waals surface area contributed by atoms with Crippen molar-refractivity contribution in [3.63, 3.8) is 0 Å². The quantitative estimate of drug-likeness (QED) is 0.644. The SMILES string of the molecule is COC(=O)c1ccc(-c2ccc(C#CCOC(C)=O)s2)s1. The summed E-state index contributed by atoms with van der Waals surface area (Å²) in [6.45, 7) is 1.44. The highest BCUT2D eigenvalue weighted by Gasteiger charge is 2.11. The lowest BCUT2D eigenvalue weighted by molar-refractivity contribution is -0.139. The molecule has 0 radical (unpaired) electrons. The fraction of sp³-hybridized carbons (Fsp3) is 0.200. The molecule has 21 heavy (non-hydrogen) atoms. The molecule has 0 unspecified atom stereocenters. The first kappa shape index (κ1) is 15.3. The fourth-order valence-corrected chi connectivity index (χ4v) is 3.37. The Kier molecular flexibility index (Phi) is 5.14. The molecule has 2 heterocycles. The molecule has 0 bridgehead atoms. The van der Waals surface area contributed by atoms with Crippen LogP contribution in [0.3, 0.4) is 0 Å². The van der Waals surface area contributed by atoms with Crippen LogP contribution < -0.4 is 0 Å². The van der Waals surface area contributed by atoms with Gasteiger partial charge < -0.3 is 9.47 Å². The molecule has 6 heteroatoms. The lowest BCUT2D eigenvalue weighted by Crippen LogP contribution is -1.97. The van der Waals surface area contributed by atoms with Crippen molar-refractivity contribution in [1.29, 1.82) is 0 Å². The Morgan fingerprint density at radius 1 is 1.14 bits per heavy atom. The predicted molar refractivity (Wildman–Crippen MR) is 82.5 cm³/mol. The third-order valence-corrected chi connectivity index (χ3v) is 4.66. The van der Waals surface area contributed by atoms with E-state index in [1.807, 2.05) is 18.2 Å². The van der Waals surface area contributed by atoms with Crippen molar-refractivity contribution in [2.45, 2.75) is 6.92 Å². The van der Waals surface area contributed by atoms with Gasteiger partial charge in [0.15, 0.2) is 6.61 Å². The van der Waals surface area contributed by atoms with Gasteiger partial charge in [-0.05, 0) is 24.3 Å². The summed E-state index contributed by atoms with van der Waals surface area (Å²) in [7, 11) is 1.36. The van der Waals surface area contributed by atoms with Gasteiger partial charge in [0.05, 0.1) is 12.0 Å². The second-order valence-corrected chi connectivity index (χ2v) is 6.07. The molecule has 0 N–H and O–H groups in total. The number of carbonyl (C=O) groups is 2. The molecular weight excluding hydrogens is 308 g/mol. The topological polar surface area (TPSA) is 52.6 Å². The van der Waals surface area contributed by atoms with Crippen LogP contribution in [0.25, 0.3) is 9.75 Å². The predicted octanol–water partition coefficient (Wildman–Crippen LogP) is 3.18. The van der Waals surface area contributed by atoms with E-state index in [-0.39, 0.29) is 18.5 Å². The fourth-order valence-electron chi connectivity index (χ4n) is 1.48. The average molecular weight is 320 g/mol. The van der Waals surface area contributed by atoms with Crippen molar-refractivity contribution >= 4 is 34.6 Å². The molecule has 0 aliphatic heterocycles. The minimum absolute atomic E-state index is 0.0913. The minimum atomic E-state index is -0.343. The third kappa shape index (κ3) is 4.18. The molecule has 0 fully saturated rings. The highest BCUT2D eigenvalue weighted by molar-refractivity contribution is 7.23. The van der Waals surface area contributed by atoms with Gasteiger partial charge in [-0.25, -0.2) is 4.79 Å². The molecule has 0 spiro atoms. The van der Waals surface area contributed by atoms with Crippen LogP contribution in [0.4, 0.5) is 0 Å². The maximum atomic E-state index is 11.4. The van der Waals surface area contributed by atoms with Crippen LogP contribution in [0, 0.1) is 11.8 Å². The van der Waals surface area contributed by atoms with Gasteiger partial charge in [-0.3, -0.25) is 4.79 Å². The molecule has 0 amide bonds.